The molecule has 2 amide bonds. The number of rotatable bonds is 5. The smallest absolute Gasteiger partial charge is 0.265 e. The van der Waals surface area contributed by atoms with Gasteiger partial charge >= 0.3 is 0 Å². The summed E-state index contributed by atoms with van der Waals surface area (Å²) in [7, 11) is 0. The zero-order valence-corrected chi connectivity index (χ0v) is 19.5. The monoisotopic (exact) mass is 463 g/mol. The van der Waals surface area contributed by atoms with Crippen LogP contribution >= 0.6 is 0 Å². The molecule has 2 aromatic carbocycles. The van der Waals surface area contributed by atoms with E-state index in [9.17, 15) is 9.59 Å². The third-order valence-electron chi connectivity index (χ3n) is 5.34. The van der Waals surface area contributed by atoms with Gasteiger partial charge in [0.15, 0.2) is 0 Å². The number of aromatic nitrogens is 2. The van der Waals surface area contributed by atoms with Crippen LogP contribution in [-0.4, -0.2) is 28.3 Å². The molecule has 0 aliphatic carbocycles. The Hall–Kier alpha value is -4.54. The number of benzene rings is 2. The number of hydrogen-bond acceptors (Lipinski definition) is 5. The predicted octanol–water partition coefficient (Wildman–Crippen LogP) is 3.69. The third-order valence-corrected chi connectivity index (χ3v) is 5.34. The molecule has 0 aliphatic heterocycles. The van der Waals surface area contributed by atoms with Gasteiger partial charge in [-0.3, -0.25) is 20.0 Å². The number of pyridine rings is 2. The summed E-state index contributed by atoms with van der Waals surface area (Å²) in [6.45, 7) is 4.75. The van der Waals surface area contributed by atoms with Gasteiger partial charge in [-0.2, -0.15) is 0 Å². The molecule has 0 fully saturated rings. The second-order valence-corrected chi connectivity index (χ2v) is 8.43. The van der Waals surface area contributed by atoms with Crippen molar-refractivity contribution in [1.29, 1.82) is 0 Å². The quantitative estimate of drug-likeness (QED) is 0.181. The minimum absolute atomic E-state index is 0.0838. The van der Waals surface area contributed by atoms with Crippen molar-refractivity contribution in [2.75, 3.05) is 6.54 Å². The first kappa shape index (κ1) is 23.6. The van der Waals surface area contributed by atoms with Crippen molar-refractivity contribution < 1.29 is 9.59 Å². The Morgan fingerprint density at radius 1 is 0.943 bits per heavy atom. The SMILES string of the molecule is CC(C)CNC(=O)c1ccc(C#Cc2ccc(-c3cc(C(=O)NN)c4cnccc4n3)cc2)cc1. The first-order valence-corrected chi connectivity index (χ1v) is 11.2. The molecular formula is C28H25N5O2. The molecule has 174 valence electrons. The maximum atomic E-state index is 12.3. The van der Waals surface area contributed by atoms with Crippen molar-refractivity contribution in [3.63, 3.8) is 0 Å². The molecule has 4 rings (SSSR count). The van der Waals surface area contributed by atoms with Gasteiger partial charge in [-0.1, -0.05) is 37.8 Å². The van der Waals surface area contributed by atoms with Crippen molar-refractivity contribution in [3.05, 3.63) is 95.3 Å². The van der Waals surface area contributed by atoms with Gasteiger partial charge in [-0.15, -0.1) is 0 Å². The summed E-state index contributed by atoms with van der Waals surface area (Å²) in [4.78, 5) is 33.2. The highest BCUT2D eigenvalue weighted by Crippen LogP contribution is 2.24. The fourth-order valence-electron chi connectivity index (χ4n) is 3.45. The number of nitrogens with zero attached hydrogens (tertiary/aromatic N) is 2. The summed E-state index contributed by atoms with van der Waals surface area (Å²) in [5.41, 5.74) is 6.99. The van der Waals surface area contributed by atoms with E-state index in [1.807, 2.05) is 36.4 Å². The number of fused-ring (bicyclic) bond motifs is 1. The van der Waals surface area contributed by atoms with Crippen LogP contribution in [0.3, 0.4) is 0 Å². The van der Waals surface area contributed by atoms with Crippen molar-refractivity contribution in [2.45, 2.75) is 13.8 Å². The van der Waals surface area contributed by atoms with Crippen molar-refractivity contribution in [3.8, 4) is 23.1 Å². The van der Waals surface area contributed by atoms with Gasteiger partial charge in [0, 0.05) is 46.6 Å². The lowest BCUT2D eigenvalue weighted by Crippen LogP contribution is -2.30. The molecule has 2 aromatic heterocycles. The number of hydrogen-bond donors (Lipinski definition) is 3. The van der Waals surface area contributed by atoms with Gasteiger partial charge in [-0.25, -0.2) is 10.8 Å². The number of amides is 2. The summed E-state index contributed by atoms with van der Waals surface area (Å²) in [5, 5.41) is 3.54. The molecule has 7 heteroatoms. The van der Waals surface area contributed by atoms with E-state index in [1.54, 1.807) is 36.7 Å². The molecule has 0 spiro atoms. The highest BCUT2D eigenvalue weighted by atomic mass is 16.2. The molecule has 0 atom stereocenters. The fourth-order valence-corrected chi connectivity index (χ4v) is 3.45. The Kier molecular flexibility index (Phi) is 7.15. The molecule has 0 radical (unpaired) electrons. The number of nitrogens with two attached hydrogens (primary N) is 1. The second-order valence-electron chi connectivity index (χ2n) is 8.43. The largest absolute Gasteiger partial charge is 0.352 e. The Bertz CT molecular complexity index is 1430. The summed E-state index contributed by atoms with van der Waals surface area (Å²) < 4.78 is 0. The number of carbonyl (C=O) groups excluding carboxylic acids is 2. The molecular weight excluding hydrogens is 438 g/mol. The van der Waals surface area contributed by atoms with Gasteiger partial charge < -0.3 is 5.32 Å². The van der Waals surface area contributed by atoms with Crippen LogP contribution in [0.4, 0.5) is 0 Å². The highest BCUT2D eigenvalue weighted by molar-refractivity contribution is 6.06. The Labute approximate surface area is 203 Å². The lowest BCUT2D eigenvalue weighted by molar-refractivity contribution is 0.0943. The maximum Gasteiger partial charge on any atom is 0.265 e. The van der Waals surface area contributed by atoms with Crippen LogP contribution in [0, 0.1) is 17.8 Å². The van der Waals surface area contributed by atoms with E-state index in [2.05, 4.69) is 46.4 Å². The molecule has 35 heavy (non-hydrogen) atoms. The first-order chi connectivity index (χ1) is 16.9. The molecule has 0 bridgehead atoms. The molecule has 0 saturated heterocycles. The van der Waals surface area contributed by atoms with Crippen LogP contribution in [0.2, 0.25) is 0 Å². The van der Waals surface area contributed by atoms with E-state index in [1.165, 1.54) is 0 Å². The normalized spacial score (nSPS) is 10.5. The molecule has 0 aliphatic rings. The van der Waals surface area contributed by atoms with Crippen LogP contribution in [0.1, 0.15) is 45.7 Å². The Morgan fingerprint density at radius 2 is 1.60 bits per heavy atom. The summed E-state index contributed by atoms with van der Waals surface area (Å²) in [5.74, 6) is 11.5. The Morgan fingerprint density at radius 3 is 2.23 bits per heavy atom. The van der Waals surface area contributed by atoms with E-state index in [-0.39, 0.29) is 5.91 Å². The maximum absolute atomic E-state index is 12.3. The topological polar surface area (TPSA) is 110 Å². The van der Waals surface area contributed by atoms with Crippen molar-refractivity contribution >= 4 is 22.7 Å². The number of carbonyl (C=O) groups is 2. The van der Waals surface area contributed by atoms with Crippen molar-refractivity contribution in [2.24, 2.45) is 11.8 Å². The average molecular weight is 464 g/mol. The van der Waals surface area contributed by atoms with E-state index in [0.29, 0.717) is 40.2 Å². The van der Waals surface area contributed by atoms with Crippen LogP contribution in [0.25, 0.3) is 22.2 Å². The molecule has 4 aromatic rings. The minimum Gasteiger partial charge on any atom is -0.352 e. The average Bonchev–Trinajstić information content (AvgIpc) is 2.90. The molecule has 0 unspecified atom stereocenters. The molecule has 2 heterocycles. The number of nitrogens with one attached hydrogen (secondary N) is 2. The van der Waals surface area contributed by atoms with Crippen LogP contribution in [-0.2, 0) is 0 Å². The van der Waals surface area contributed by atoms with Crippen LogP contribution in [0.5, 0.6) is 0 Å². The summed E-state index contributed by atoms with van der Waals surface area (Å²) >= 11 is 0. The predicted molar refractivity (Wildman–Crippen MR) is 136 cm³/mol. The third kappa shape index (κ3) is 5.69. The highest BCUT2D eigenvalue weighted by Gasteiger charge is 2.13. The van der Waals surface area contributed by atoms with E-state index in [4.69, 9.17) is 5.84 Å². The minimum atomic E-state index is -0.405. The number of nitrogen functional groups attached to an aromatic ring is 1. The summed E-state index contributed by atoms with van der Waals surface area (Å²) in [6, 6.07) is 18.3. The van der Waals surface area contributed by atoms with E-state index in [0.717, 1.165) is 16.7 Å². The van der Waals surface area contributed by atoms with Crippen LogP contribution in [0.15, 0.2) is 73.1 Å². The standard InChI is InChI=1S/C28H25N5O2/c1-18(2)16-31-27(34)22-11-7-20(8-12-22)4-3-19-5-9-21(10-6-19)26-15-23(28(35)33-29)24-17-30-14-13-25(24)32-26/h5-15,17-18H,16,29H2,1-2H3,(H,31,34)(H,33,35). The molecule has 4 N–H and O–H groups in total. The van der Waals surface area contributed by atoms with Crippen LogP contribution < -0.4 is 16.6 Å². The van der Waals surface area contributed by atoms with Gasteiger partial charge in [0.2, 0.25) is 0 Å². The first-order valence-electron chi connectivity index (χ1n) is 11.2. The molecule has 0 saturated carbocycles. The fraction of sp³-hybridized carbons (Fsp3) is 0.143. The molecule has 7 nitrogen and oxygen atoms in total. The Balaban J connectivity index is 1.52. The second kappa shape index (κ2) is 10.6. The zero-order valence-electron chi connectivity index (χ0n) is 19.5. The van der Waals surface area contributed by atoms with Gasteiger partial charge in [0.1, 0.15) is 0 Å². The lowest BCUT2D eigenvalue weighted by Gasteiger charge is -2.08. The summed E-state index contributed by atoms with van der Waals surface area (Å²) in [6.07, 6.45) is 3.23. The van der Waals surface area contributed by atoms with E-state index >= 15 is 0 Å². The lowest BCUT2D eigenvalue weighted by atomic mass is 10.0. The van der Waals surface area contributed by atoms with E-state index < -0.39 is 5.91 Å². The van der Waals surface area contributed by atoms with Crippen molar-refractivity contribution in [1.82, 2.24) is 20.7 Å². The number of hydrazine groups is 1. The van der Waals surface area contributed by atoms with Gasteiger partial charge in [-0.05, 0) is 54.4 Å². The van der Waals surface area contributed by atoms with Gasteiger partial charge in [0.25, 0.3) is 11.8 Å². The van der Waals surface area contributed by atoms with Gasteiger partial charge in [0.05, 0.1) is 16.8 Å². The zero-order chi connectivity index (χ0) is 24.8.